The van der Waals surface area contributed by atoms with Gasteiger partial charge in [-0.1, -0.05) is 39.7 Å². The fourth-order valence-electron chi connectivity index (χ4n) is 5.17. The zero-order chi connectivity index (χ0) is 22.5. The van der Waals surface area contributed by atoms with E-state index in [1.165, 1.54) is 17.0 Å². The molecule has 1 aromatic rings. The zero-order valence-corrected chi connectivity index (χ0v) is 18.0. The first kappa shape index (κ1) is 22.2. The first-order valence-electron chi connectivity index (χ1n) is 10.3. The Balaban J connectivity index is 2.27. The predicted molar refractivity (Wildman–Crippen MR) is 110 cm³/mol. The molecule has 164 valence electrons. The lowest BCUT2D eigenvalue weighted by atomic mass is 9.75. The molecule has 1 aliphatic heterocycles. The molecule has 1 aromatic carbocycles. The van der Waals surface area contributed by atoms with Crippen molar-refractivity contribution >= 4 is 12.0 Å². The quantitative estimate of drug-likeness (QED) is 0.707. The van der Waals surface area contributed by atoms with Crippen LogP contribution in [0.1, 0.15) is 58.9 Å². The minimum absolute atomic E-state index is 0.0720. The van der Waals surface area contributed by atoms with Gasteiger partial charge in [0.1, 0.15) is 17.2 Å². The Morgan fingerprint density at radius 3 is 2.17 bits per heavy atom. The highest BCUT2D eigenvalue weighted by molar-refractivity contribution is 5.92. The van der Waals surface area contributed by atoms with Gasteiger partial charge in [0, 0.05) is 6.07 Å². The molecule has 2 atom stereocenters. The Hall–Kier alpha value is -2.44. The fraction of sp³-hybridized carbons (Fsp3) is 0.565. The normalized spacial score (nSPS) is 24.9. The van der Waals surface area contributed by atoms with Crippen molar-refractivity contribution in [2.45, 2.75) is 70.5 Å². The van der Waals surface area contributed by atoms with Crippen LogP contribution in [0.15, 0.2) is 30.9 Å². The molecule has 7 heteroatoms. The van der Waals surface area contributed by atoms with Crippen molar-refractivity contribution < 1.29 is 23.5 Å². The van der Waals surface area contributed by atoms with Crippen molar-refractivity contribution in [3.8, 4) is 0 Å². The molecule has 1 unspecified atom stereocenters. The maximum Gasteiger partial charge on any atom is 0.408 e. The van der Waals surface area contributed by atoms with Crippen LogP contribution in [0.5, 0.6) is 0 Å². The van der Waals surface area contributed by atoms with Crippen LogP contribution in [-0.2, 0) is 10.3 Å². The van der Waals surface area contributed by atoms with Crippen LogP contribution in [0.25, 0.3) is 0 Å². The van der Waals surface area contributed by atoms with Crippen LogP contribution in [-0.4, -0.2) is 45.0 Å². The van der Waals surface area contributed by atoms with Gasteiger partial charge in [-0.2, -0.15) is 0 Å². The Bertz CT molecular complexity index is 853. The van der Waals surface area contributed by atoms with E-state index in [2.05, 4.69) is 6.58 Å². The number of piperazine rings is 1. The molecule has 1 aliphatic carbocycles. The molecule has 1 spiro atoms. The fourth-order valence-corrected chi connectivity index (χ4v) is 5.17. The van der Waals surface area contributed by atoms with Crippen LogP contribution >= 0.6 is 0 Å². The van der Waals surface area contributed by atoms with Gasteiger partial charge in [-0.05, 0) is 42.9 Å². The summed E-state index contributed by atoms with van der Waals surface area (Å²) in [6.45, 7) is 11.4. The van der Waals surface area contributed by atoms with Crippen molar-refractivity contribution in [2.75, 3.05) is 6.54 Å². The molecule has 2 aliphatic rings. The van der Waals surface area contributed by atoms with Crippen LogP contribution in [0, 0.1) is 17.0 Å². The Morgan fingerprint density at radius 1 is 1.20 bits per heavy atom. The molecular weight excluding hydrogens is 390 g/mol. The summed E-state index contributed by atoms with van der Waals surface area (Å²) in [5, 5.41) is 10.00. The van der Waals surface area contributed by atoms with E-state index in [1.807, 2.05) is 20.8 Å². The molecule has 2 amide bonds. The molecule has 1 heterocycles. The zero-order valence-electron chi connectivity index (χ0n) is 18.0. The van der Waals surface area contributed by atoms with Crippen molar-refractivity contribution in [3.05, 3.63) is 48.1 Å². The van der Waals surface area contributed by atoms with Crippen molar-refractivity contribution in [1.82, 2.24) is 9.80 Å². The minimum atomic E-state index is -1.27. The van der Waals surface area contributed by atoms with Crippen LogP contribution in [0.4, 0.5) is 13.6 Å². The molecule has 3 rings (SSSR count). The van der Waals surface area contributed by atoms with Gasteiger partial charge in [-0.15, -0.1) is 6.58 Å². The smallest absolute Gasteiger partial charge is 0.408 e. The number of rotatable bonds is 3. The number of carbonyl (C=O) groups is 2. The lowest BCUT2D eigenvalue weighted by molar-refractivity contribution is -0.169. The Kier molecular flexibility index (Phi) is 5.46. The number of hydrogen-bond donors (Lipinski definition) is 1. The number of halogens is 2. The van der Waals surface area contributed by atoms with Gasteiger partial charge in [0.25, 0.3) is 0 Å². The number of carboxylic acid groups (broad SMARTS) is 1. The summed E-state index contributed by atoms with van der Waals surface area (Å²) in [5.41, 5.74) is -2.61. The first-order valence-corrected chi connectivity index (χ1v) is 10.3. The van der Waals surface area contributed by atoms with Gasteiger partial charge in [0.15, 0.2) is 0 Å². The first-order chi connectivity index (χ1) is 13.9. The van der Waals surface area contributed by atoms with Gasteiger partial charge in [0.2, 0.25) is 5.91 Å². The topological polar surface area (TPSA) is 60.9 Å². The molecule has 1 saturated carbocycles. The SMILES string of the molecule is C=CC(N1C(=O)C2(CCCC2)N(C(=O)O)C[C@@]1(C)c1cc(F)cc(F)c1)C(C)(C)C. The average Bonchev–Trinajstić information content (AvgIpc) is 3.10. The molecule has 5 nitrogen and oxygen atoms in total. The van der Waals surface area contributed by atoms with Crippen LogP contribution in [0.3, 0.4) is 0 Å². The second-order valence-corrected chi connectivity index (χ2v) is 9.76. The summed E-state index contributed by atoms with van der Waals surface area (Å²) in [6.07, 6.45) is 2.86. The number of amides is 2. The van der Waals surface area contributed by atoms with E-state index < -0.39 is 40.3 Å². The molecule has 1 N–H and O–H groups in total. The monoisotopic (exact) mass is 420 g/mol. The standard InChI is InChI=1S/C23H30F2N2O3/c1-6-18(21(2,3)4)27-19(28)23(9-7-8-10-23)26(20(29)30)14-22(27,5)15-11-16(24)13-17(25)12-15/h6,11-13,18H,1,7-10,14H2,2-5H3,(H,29,30)/t18?,22-/m0/s1. The van der Waals surface area contributed by atoms with Crippen LogP contribution < -0.4 is 0 Å². The second kappa shape index (κ2) is 7.36. The van der Waals surface area contributed by atoms with Crippen molar-refractivity contribution in [2.24, 2.45) is 5.41 Å². The molecule has 1 saturated heterocycles. The highest BCUT2D eigenvalue weighted by atomic mass is 19.1. The van der Waals surface area contributed by atoms with Crippen molar-refractivity contribution in [3.63, 3.8) is 0 Å². The van der Waals surface area contributed by atoms with Gasteiger partial charge in [-0.25, -0.2) is 13.6 Å². The summed E-state index contributed by atoms with van der Waals surface area (Å²) in [5.74, 6) is -1.86. The van der Waals surface area contributed by atoms with E-state index in [9.17, 15) is 23.5 Å². The maximum absolute atomic E-state index is 14.2. The highest BCUT2D eigenvalue weighted by Gasteiger charge is 2.61. The van der Waals surface area contributed by atoms with Gasteiger partial charge in [0.05, 0.1) is 18.1 Å². The third-order valence-corrected chi connectivity index (χ3v) is 6.67. The summed E-state index contributed by atoms with van der Waals surface area (Å²) >= 11 is 0. The lowest BCUT2D eigenvalue weighted by Gasteiger charge is -2.59. The maximum atomic E-state index is 14.2. The van der Waals surface area contributed by atoms with Crippen LogP contribution in [0.2, 0.25) is 0 Å². The third kappa shape index (κ3) is 3.38. The van der Waals surface area contributed by atoms with E-state index in [4.69, 9.17) is 0 Å². The molecule has 2 fully saturated rings. The summed E-state index contributed by atoms with van der Waals surface area (Å²) in [4.78, 5) is 29.1. The van der Waals surface area contributed by atoms with Crippen molar-refractivity contribution in [1.29, 1.82) is 0 Å². The van der Waals surface area contributed by atoms with Gasteiger partial charge in [-0.3, -0.25) is 9.69 Å². The molecule has 0 aromatic heterocycles. The highest BCUT2D eigenvalue weighted by Crippen LogP contribution is 2.49. The molecular formula is C23H30F2N2O3. The Labute approximate surface area is 176 Å². The molecule has 0 bridgehead atoms. The number of hydrogen-bond acceptors (Lipinski definition) is 2. The predicted octanol–water partition coefficient (Wildman–Crippen LogP) is 4.92. The summed E-state index contributed by atoms with van der Waals surface area (Å²) in [6, 6.07) is 2.66. The number of carbonyl (C=O) groups excluding carboxylic acids is 1. The average molecular weight is 421 g/mol. The van der Waals surface area contributed by atoms with E-state index >= 15 is 0 Å². The van der Waals surface area contributed by atoms with E-state index in [0.29, 0.717) is 12.8 Å². The van der Waals surface area contributed by atoms with E-state index in [0.717, 1.165) is 18.9 Å². The van der Waals surface area contributed by atoms with E-state index in [-0.39, 0.29) is 18.0 Å². The number of benzene rings is 1. The summed E-state index contributed by atoms with van der Waals surface area (Å²) < 4.78 is 28.3. The third-order valence-electron chi connectivity index (χ3n) is 6.67. The van der Waals surface area contributed by atoms with Gasteiger partial charge >= 0.3 is 6.09 Å². The lowest BCUT2D eigenvalue weighted by Crippen LogP contribution is -2.74. The summed E-state index contributed by atoms with van der Waals surface area (Å²) in [7, 11) is 0. The minimum Gasteiger partial charge on any atom is -0.465 e. The van der Waals surface area contributed by atoms with E-state index in [1.54, 1.807) is 17.9 Å². The molecule has 30 heavy (non-hydrogen) atoms. The molecule has 0 radical (unpaired) electrons. The Morgan fingerprint density at radius 2 is 1.73 bits per heavy atom. The second-order valence-electron chi connectivity index (χ2n) is 9.76. The number of nitrogens with zero attached hydrogens (tertiary/aromatic N) is 2. The largest absolute Gasteiger partial charge is 0.465 e. The van der Waals surface area contributed by atoms with Gasteiger partial charge < -0.3 is 10.0 Å².